The van der Waals surface area contributed by atoms with Gasteiger partial charge in [-0.2, -0.15) is 5.10 Å². The first-order valence-electron chi connectivity index (χ1n) is 8.43. The summed E-state index contributed by atoms with van der Waals surface area (Å²) in [6, 6.07) is 9.38. The number of rotatable bonds is 4. The van der Waals surface area contributed by atoms with Crippen LogP contribution in [0.15, 0.2) is 48.9 Å². The second kappa shape index (κ2) is 7.16. The number of fused-ring (bicyclic) bond motifs is 1. The van der Waals surface area contributed by atoms with Crippen molar-refractivity contribution in [3.05, 3.63) is 59.5 Å². The normalized spacial score (nSPS) is 10.9. The average Bonchev–Trinajstić information content (AvgIpc) is 3.24. The van der Waals surface area contributed by atoms with E-state index in [0.29, 0.717) is 12.2 Å². The summed E-state index contributed by atoms with van der Waals surface area (Å²) in [7, 11) is 1.88. The standard InChI is InChI=1S/C19H18N6OS/c1-12-23-16-8-15(3-4-18(16)27-12)24-19(26)21-10-13-7-14(11-20-9-13)17-5-6-22-25(17)2/h3-9,11H,10H2,1-2H3,(H2,21,24,26). The molecule has 3 aromatic heterocycles. The number of carbonyl (C=O) groups excluding carboxylic acids is 1. The summed E-state index contributed by atoms with van der Waals surface area (Å²) in [5.74, 6) is 0. The van der Waals surface area contributed by atoms with E-state index < -0.39 is 0 Å². The molecule has 7 nitrogen and oxygen atoms in total. The van der Waals surface area contributed by atoms with Gasteiger partial charge in [-0.1, -0.05) is 0 Å². The number of hydrogen-bond donors (Lipinski definition) is 2. The Hall–Kier alpha value is -3.26. The molecule has 2 N–H and O–H groups in total. The van der Waals surface area contributed by atoms with E-state index in [-0.39, 0.29) is 6.03 Å². The average molecular weight is 378 g/mol. The van der Waals surface area contributed by atoms with Crippen LogP contribution in [0.1, 0.15) is 10.6 Å². The highest BCUT2D eigenvalue weighted by Gasteiger charge is 2.07. The summed E-state index contributed by atoms with van der Waals surface area (Å²) >= 11 is 1.64. The number of amides is 2. The molecule has 1 aromatic carbocycles. The quantitative estimate of drug-likeness (QED) is 0.567. The highest BCUT2D eigenvalue weighted by Crippen LogP contribution is 2.24. The molecule has 0 fully saturated rings. The van der Waals surface area contributed by atoms with Gasteiger partial charge in [0.1, 0.15) is 0 Å². The summed E-state index contributed by atoms with van der Waals surface area (Å²) in [4.78, 5) is 20.9. The van der Waals surface area contributed by atoms with Gasteiger partial charge in [-0.3, -0.25) is 9.67 Å². The number of aryl methyl sites for hydroxylation is 2. The van der Waals surface area contributed by atoms with E-state index in [2.05, 4.69) is 25.7 Å². The van der Waals surface area contributed by atoms with Crippen molar-refractivity contribution in [3.8, 4) is 11.3 Å². The Morgan fingerprint density at radius 2 is 2.11 bits per heavy atom. The van der Waals surface area contributed by atoms with Crippen molar-refractivity contribution in [1.29, 1.82) is 0 Å². The molecule has 2 amide bonds. The molecule has 0 aliphatic carbocycles. The molecule has 136 valence electrons. The third kappa shape index (κ3) is 3.80. The number of thiazole rings is 1. The van der Waals surface area contributed by atoms with Crippen molar-refractivity contribution in [1.82, 2.24) is 25.1 Å². The summed E-state index contributed by atoms with van der Waals surface area (Å²) in [6.45, 7) is 2.35. The van der Waals surface area contributed by atoms with Crippen LogP contribution in [0.4, 0.5) is 10.5 Å². The van der Waals surface area contributed by atoms with E-state index in [4.69, 9.17) is 0 Å². The van der Waals surface area contributed by atoms with E-state index in [1.165, 1.54) is 0 Å². The van der Waals surface area contributed by atoms with Crippen LogP contribution in [0.25, 0.3) is 21.5 Å². The van der Waals surface area contributed by atoms with Gasteiger partial charge in [0.05, 0.1) is 20.9 Å². The molecule has 4 aromatic rings. The summed E-state index contributed by atoms with van der Waals surface area (Å²) in [5, 5.41) is 10.9. The molecular formula is C19H18N6OS. The van der Waals surface area contributed by atoms with E-state index in [1.54, 1.807) is 34.6 Å². The summed E-state index contributed by atoms with van der Waals surface area (Å²) in [6.07, 6.45) is 5.27. The lowest BCUT2D eigenvalue weighted by molar-refractivity contribution is 0.251. The fraction of sp³-hybridized carbons (Fsp3) is 0.158. The first-order valence-corrected chi connectivity index (χ1v) is 9.24. The highest BCUT2D eigenvalue weighted by molar-refractivity contribution is 7.18. The first-order chi connectivity index (χ1) is 13.1. The van der Waals surface area contributed by atoms with Gasteiger partial charge in [0.2, 0.25) is 0 Å². The van der Waals surface area contributed by atoms with Crippen LogP contribution < -0.4 is 10.6 Å². The molecule has 27 heavy (non-hydrogen) atoms. The lowest BCUT2D eigenvalue weighted by Crippen LogP contribution is -2.28. The van der Waals surface area contributed by atoms with Gasteiger partial charge in [0.25, 0.3) is 0 Å². The lowest BCUT2D eigenvalue weighted by atomic mass is 10.1. The van der Waals surface area contributed by atoms with E-state index >= 15 is 0 Å². The zero-order valence-corrected chi connectivity index (χ0v) is 15.7. The number of urea groups is 1. The fourth-order valence-corrected chi connectivity index (χ4v) is 3.67. The van der Waals surface area contributed by atoms with Gasteiger partial charge in [0, 0.05) is 43.4 Å². The van der Waals surface area contributed by atoms with Gasteiger partial charge in [-0.25, -0.2) is 9.78 Å². The van der Waals surface area contributed by atoms with Crippen LogP contribution in [0.5, 0.6) is 0 Å². The lowest BCUT2D eigenvalue weighted by Gasteiger charge is -2.09. The largest absolute Gasteiger partial charge is 0.334 e. The Morgan fingerprint density at radius 1 is 1.22 bits per heavy atom. The van der Waals surface area contributed by atoms with Gasteiger partial charge < -0.3 is 10.6 Å². The fourth-order valence-electron chi connectivity index (χ4n) is 2.86. The number of benzene rings is 1. The summed E-state index contributed by atoms with van der Waals surface area (Å²) < 4.78 is 2.90. The maximum absolute atomic E-state index is 12.2. The molecule has 8 heteroatoms. The van der Waals surface area contributed by atoms with Crippen LogP contribution in [-0.2, 0) is 13.6 Å². The number of anilines is 1. The zero-order valence-electron chi connectivity index (χ0n) is 14.9. The van der Waals surface area contributed by atoms with Gasteiger partial charge in [0.15, 0.2) is 0 Å². The number of hydrogen-bond acceptors (Lipinski definition) is 5. The van der Waals surface area contributed by atoms with Gasteiger partial charge >= 0.3 is 6.03 Å². The van der Waals surface area contributed by atoms with Crippen molar-refractivity contribution >= 4 is 33.3 Å². The van der Waals surface area contributed by atoms with E-state index in [9.17, 15) is 4.79 Å². The SMILES string of the molecule is Cc1nc2cc(NC(=O)NCc3cncc(-c4ccnn4C)c3)ccc2s1. The molecule has 0 radical (unpaired) electrons. The van der Waals surface area contributed by atoms with Crippen molar-refractivity contribution in [2.24, 2.45) is 7.05 Å². The van der Waals surface area contributed by atoms with Crippen molar-refractivity contribution in [3.63, 3.8) is 0 Å². The molecule has 4 rings (SSSR count). The van der Waals surface area contributed by atoms with Crippen molar-refractivity contribution in [2.45, 2.75) is 13.5 Å². The molecule has 0 saturated carbocycles. The van der Waals surface area contributed by atoms with Crippen LogP contribution in [0.2, 0.25) is 0 Å². The van der Waals surface area contributed by atoms with Gasteiger partial charge in [-0.15, -0.1) is 11.3 Å². The minimum absolute atomic E-state index is 0.271. The van der Waals surface area contributed by atoms with E-state index in [1.807, 2.05) is 44.3 Å². The zero-order chi connectivity index (χ0) is 18.8. The second-order valence-corrected chi connectivity index (χ2v) is 7.38. The highest BCUT2D eigenvalue weighted by atomic mass is 32.1. The molecule has 0 saturated heterocycles. The maximum Gasteiger partial charge on any atom is 0.319 e. The van der Waals surface area contributed by atoms with Crippen LogP contribution in [0, 0.1) is 6.92 Å². The number of carbonyl (C=O) groups is 1. The molecule has 0 aliphatic rings. The molecule has 0 atom stereocenters. The Kier molecular flexibility index (Phi) is 4.55. The van der Waals surface area contributed by atoms with Crippen LogP contribution in [0.3, 0.4) is 0 Å². The predicted molar refractivity (Wildman–Crippen MR) is 107 cm³/mol. The minimum atomic E-state index is -0.271. The van der Waals surface area contributed by atoms with Gasteiger partial charge in [-0.05, 0) is 42.8 Å². The second-order valence-electron chi connectivity index (χ2n) is 6.14. The summed E-state index contributed by atoms with van der Waals surface area (Å²) in [5.41, 5.74) is 4.45. The molecular weight excluding hydrogens is 360 g/mol. The van der Waals surface area contributed by atoms with Crippen LogP contribution in [-0.4, -0.2) is 25.8 Å². The number of aromatic nitrogens is 4. The smallest absolute Gasteiger partial charge is 0.319 e. The molecule has 3 heterocycles. The Balaban J connectivity index is 1.40. The monoisotopic (exact) mass is 378 g/mol. The minimum Gasteiger partial charge on any atom is -0.334 e. The predicted octanol–water partition coefficient (Wildman–Crippen LogP) is 3.72. The Morgan fingerprint density at radius 3 is 2.93 bits per heavy atom. The van der Waals surface area contributed by atoms with E-state index in [0.717, 1.165) is 32.0 Å². The number of nitrogens with zero attached hydrogens (tertiary/aromatic N) is 4. The number of pyridine rings is 1. The maximum atomic E-state index is 12.2. The van der Waals surface area contributed by atoms with Crippen molar-refractivity contribution < 1.29 is 4.79 Å². The Labute approximate surface area is 160 Å². The molecule has 0 bridgehead atoms. The first kappa shape index (κ1) is 17.2. The topological polar surface area (TPSA) is 84.7 Å². The third-order valence-electron chi connectivity index (χ3n) is 4.12. The molecule has 0 spiro atoms. The van der Waals surface area contributed by atoms with Crippen LogP contribution >= 0.6 is 11.3 Å². The Bertz CT molecular complexity index is 1120. The third-order valence-corrected chi connectivity index (χ3v) is 5.07. The molecule has 0 unspecified atom stereocenters. The van der Waals surface area contributed by atoms with Crippen molar-refractivity contribution in [2.75, 3.05) is 5.32 Å². The number of nitrogens with one attached hydrogen (secondary N) is 2. The molecule has 0 aliphatic heterocycles.